The fourth-order valence-corrected chi connectivity index (χ4v) is 14.7. The monoisotopic (exact) mass is 1920 g/mol. The van der Waals surface area contributed by atoms with Gasteiger partial charge in [-0.15, -0.1) is 0 Å². The standard InChI is InChI=1S/C54H42N12O18.2C16H36N.2C4H8O2.2C2H4O2/c67-49(31-7-1-13-37(19-31)61(73)74)55-25-43-44(26-56-50(68)32-8-2-14-38(20-32)62(75)76)46(28-58-52(70)34-10-4-16-40(22-34)64(79)80)48(30-60-54(72)36-12-6-18-42(24-36)66(83)84)47(29-59-53(71)35-11-5-17-41(23-35)65(81)82)45(43)27-57-51(69)33-9-3-15-39(21-33)63(77)78;2*1-5-9-13-17(14-10-6-2,15-11-7-3)16-12-8-4;2*1-2-6-4-3-5-1;2*1-2(3)4/h1-24H,25-30H2,(H,55,67)(H,56,68)(H,57,69)(H,58,70)(H,59,71)(H,60,72);2*5-16H2,1-4H3;2*1-4H2;2*1H3,(H,3,4)/q;2*+1;;;;/p-2. The van der Waals surface area contributed by atoms with Gasteiger partial charge in [-0.2, -0.15) is 0 Å². The van der Waals surface area contributed by atoms with Gasteiger partial charge < -0.3 is 79.6 Å². The Hall–Kier alpha value is -13.5. The van der Waals surface area contributed by atoms with E-state index >= 15 is 0 Å². The van der Waals surface area contributed by atoms with Crippen LogP contribution in [-0.2, 0) is 67.8 Å². The minimum Gasteiger partial charge on any atom is -0.550 e. The van der Waals surface area contributed by atoms with E-state index in [1.807, 2.05) is 0 Å². The number of nitrogens with zero attached hydrogens (tertiary/aromatic N) is 8. The fourth-order valence-electron chi connectivity index (χ4n) is 14.7. The maximum atomic E-state index is 14.1. The van der Waals surface area contributed by atoms with Crippen LogP contribution in [0.4, 0.5) is 34.1 Å². The molecule has 754 valence electrons. The molecule has 2 fully saturated rings. The molecule has 40 heteroatoms. The second-order valence-electron chi connectivity index (χ2n) is 32.5. The van der Waals surface area contributed by atoms with Crippen molar-refractivity contribution in [2.24, 2.45) is 0 Å². The van der Waals surface area contributed by atoms with Gasteiger partial charge in [-0.1, -0.05) is 143 Å². The Morgan fingerprint density at radius 3 is 0.478 bits per heavy atom. The van der Waals surface area contributed by atoms with E-state index in [0.717, 1.165) is 139 Å². The number of unbranched alkanes of at least 4 members (excludes halogenated alkanes) is 8. The van der Waals surface area contributed by atoms with E-state index in [-0.39, 0.29) is 66.8 Å². The van der Waals surface area contributed by atoms with Gasteiger partial charge >= 0.3 is 0 Å². The summed E-state index contributed by atoms with van der Waals surface area (Å²) >= 11 is 0. The third-order valence-electron chi connectivity index (χ3n) is 22.0. The number of carboxylic acids is 2. The zero-order valence-corrected chi connectivity index (χ0v) is 80.9. The maximum Gasteiger partial charge on any atom is 0.270 e. The van der Waals surface area contributed by atoms with Crippen molar-refractivity contribution >= 4 is 81.5 Å². The van der Waals surface area contributed by atoms with E-state index in [1.54, 1.807) is 0 Å². The average Bonchev–Trinajstić information content (AvgIpc) is 0.758. The molecule has 2 saturated heterocycles. The summed E-state index contributed by atoms with van der Waals surface area (Å²) in [5.41, 5.74) is -4.85. The first-order valence-corrected chi connectivity index (χ1v) is 46.7. The molecular weight excluding hydrogens is 1790 g/mol. The minimum atomic E-state index is -1.08. The van der Waals surface area contributed by atoms with Crippen molar-refractivity contribution in [3.8, 4) is 0 Å². The smallest absolute Gasteiger partial charge is 0.270 e. The number of carbonyl (C=O) groups excluding carboxylic acids is 8. The van der Waals surface area contributed by atoms with Gasteiger partial charge in [0.15, 0.2) is 0 Å². The highest BCUT2D eigenvalue weighted by molar-refractivity contribution is 5.98. The molecule has 2 aliphatic rings. The first kappa shape index (κ1) is 119. The summed E-state index contributed by atoms with van der Waals surface area (Å²) in [6, 6.07) is 27.1. The lowest BCUT2D eigenvalue weighted by atomic mass is 9.85. The number of hydrogen-bond acceptors (Lipinski definition) is 26. The van der Waals surface area contributed by atoms with E-state index in [9.17, 15) is 89.5 Å². The minimum absolute atomic E-state index is 0.0691. The SMILES string of the molecule is C1COCCO1.C1COCCO1.CC(=O)[O-].CC(=O)[O-].CCCC[N+](CCCC)(CCCC)CCCC.CCCC[N+](CCCC)(CCCC)CCCC.O=C(NCc1c(CNC(=O)c2cccc([N+](=O)[O-])c2)c(CNC(=O)c2cccc([N+](=O)[O-])c2)c(CNC(=O)c2cccc([N+](=O)[O-])c2)c(CNC(=O)c2cccc([N+](=O)[O-])c2)c1CNC(=O)c1cccc([N+](=O)[O-])c1)c1cccc([N+](=O)[O-])c1. The highest BCUT2D eigenvalue weighted by atomic mass is 16.6. The number of quaternary nitrogens is 2. The number of non-ortho nitro benzene ring substituents is 6. The Morgan fingerprint density at radius 2 is 0.377 bits per heavy atom. The lowest BCUT2D eigenvalue weighted by molar-refractivity contribution is -0.929. The van der Waals surface area contributed by atoms with Gasteiger partial charge in [0.25, 0.3) is 69.6 Å². The van der Waals surface area contributed by atoms with Gasteiger partial charge in [0, 0.05) is 157 Å². The molecule has 0 spiro atoms. The molecule has 6 amide bonds. The van der Waals surface area contributed by atoms with Gasteiger partial charge in [-0.3, -0.25) is 89.5 Å². The Bertz CT molecular complexity index is 4240. The van der Waals surface area contributed by atoms with Crippen LogP contribution in [0.3, 0.4) is 0 Å². The lowest BCUT2D eigenvalue weighted by Gasteiger charge is -2.39. The third-order valence-corrected chi connectivity index (χ3v) is 22.0. The molecular formula is C98H136N14O26. The second-order valence-corrected chi connectivity index (χ2v) is 32.5. The van der Waals surface area contributed by atoms with Crippen molar-refractivity contribution in [1.29, 1.82) is 0 Å². The zero-order valence-electron chi connectivity index (χ0n) is 80.9. The Morgan fingerprint density at radius 1 is 0.254 bits per heavy atom. The lowest BCUT2D eigenvalue weighted by Crippen LogP contribution is -2.50. The second kappa shape index (κ2) is 66.8. The van der Waals surface area contributed by atoms with Gasteiger partial charge in [0.1, 0.15) is 0 Å². The number of nitro benzene ring substituents is 6. The van der Waals surface area contributed by atoms with Crippen LogP contribution in [0, 0.1) is 60.7 Å². The van der Waals surface area contributed by atoms with E-state index < -0.39 is 150 Å². The number of hydrogen-bond donors (Lipinski definition) is 6. The molecule has 2 heterocycles. The Balaban J connectivity index is 0.000000723. The molecule has 0 bridgehead atoms. The number of carboxylic acid groups (broad SMARTS) is 2. The van der Waals surface area contributed by atoms with E-state index in [1.165, 1.54) is 237 Å². The molecule has 0 aliphatic carbocycles. The molecule has 0 unspecified atom stereocenters. The first-order chi connectivity index (χ1) is 66.0. The fraction of sp³-hybridized carbons (Fsp3) is 0.490. The van der Waals surface area contributed by atoms with Crippen molar-refractivity contribution in [1.82, 2.24) is 31.9 Å². The summed E-state index contributed by atoms with van der Waals surface area (Å²) in [4.78, 5) is 169. The molecule has 7 aromatic carbocycles. The molecule has 7 aromatic rings. The largest absolute Gasteiger partial charge is 0.550 e. The molecule has 9 rings (SSSR count). The van der Waals surface area contributed by atoms with Gasteiger partial charge in [0.2, 0.25) is 0 Å². The van der Waals surface area contributed by atoms with Crippen LogP contribution >= 0.6 is 0 Å². The number of carbonyl (C=O) groups is 8. The molecule has 40 nitrogen and oxygen atoms in total. The molecule has 6 N–H and O–H groups in total. The van der Waals surface area contributed by atoms with Crippen LogP contribution in [0.15, 0.2) is 146 Å². The Kier molecular flexibility index (Phi) is 57.4. The van der Waals surface area contributed by atoms with Gasteiger partial charge in [-0.25, -0.2) is 0 Å². The maximum absolute atomic E-state index is 14.1. The quantitative estimate of drug-likeness (QED) is 0.0117. The summed E-state index contributed by atoms with van der Waals surface area (Å²) in [6.07, 6.45) is 22.1. The van der Waals surface area contributed by atoms with Gasteiger partial charge in [-0.05, 0) is 135 Å². The highest BCUT2D eigenvalue weighted by Gasteiger charge is 2.31. The van der Waals surface area contributed by atoms with Crippen LogP contribution < -0.4 is 42.1 Å². The number of benzene rings is 7. The van der Waals surface area contributed by atoms with Crippen LogP contribution in [0.5, 0.6) is 0 Å². The molecule has 0 atom stereocenters. The third kappa shape index (κ3) is 45.0. The predicted molar refractivity (Wildman–Crippen MR) is 515 cm³/mol. The molecule has 0 aromatic heterocycles. The van der Waals surface area contributed by atoms with Crippen LogP contribution in [0.25, 0.3) is 0 Å². The summed E-state index contributed by atoms with van der Waals surface area (Å²) in [7, 11) is 0. The van der Waals surface area contributed by atoms with Crippen LogP contribution in [0.2, 0.25) is 0 Å². The zero-order chi connectivity index (χ0) is 102. The topological polar surface area (TPSA) is 551 Å². The van der Waals surface area contributed by atoms with Crippen molar-refractivity contribution in [2.75, 3.05) is 105 Å². The molecule has 138 heavy (non-hydrogen) atoms. The summed E-state index contributed by atoms with van der Waals surface area (Å²) < 4.78 is 22.6. The van der Waals surface area contributed by atoms with E-state index in [0.29, 0.717) is 0 Å². The van der Waals surface area contributed by atoms with Crippen molar-refractivity contribution in [2.45, 2.75) is 211 Å². The van der Waals surface area contributed by atoms with Crippen molar-refractivity contribution < 1.29 is 106 Å². The highest BCUT2D eigenvalue weighted by Crippen LogP contribution is 2.33. The van der Waals surface area contributed by atoms with Crippen molar-refractivity contribution in [3.05, 3.63) is 273 Å². The number of rotatable bonds is 48. The molecule has 0 radical (unpaired) electrons. The predicted octanol–water partition coefficient (Wildman–Crippen LogP) is 14.3. The van der Waals surface area contributed by atoms with E-state index in [2.05, 4.69) is 87.3 Å². The van der Waals surface area contributed by atoms with Crippen LogP contribution in [-0.4, -0.2) is 191 Å². The molecule has 2 aliphatic heterocycles. The van der Waals surface area contributed by atoms with Crippen molar-refractivity contribution in [3.63, 3.8) is 0 Å². The average molecular weight is 1930 g/mol. The summed E-state index contributed by atoms with van der Waals surface area (Å²) in [5.74, 6) is -7.88. The van der Waals surface area contributed by atoms with E-state index in [4.69, 9.17) is 38.7 Å². The normalized spacial score (nSPS) is 11.8. The number of nitro groups is 6. The number of ether oxygens (including phenoxy) is 4. The number of amides is 6. The van der Waals surface area contributed by atoms with Gasteiger partial charge in [0.05, 0.1) is 135 Å². The Labute approximate surface area is 805 Å². The number of aliphatic carboxylic acids is 2. The first-order valence-electron chi connectivity index (χ1n) is 46.7. The number of nitrogens with one attached hydrogen (secondary N) is 6. The molecule has 0 saturated carbocycles. The van der Waals surface area contributed by atoms with Crippen LogP contribution in [0.1, 0.15) is 267 Å². The summed E-state index contributed by atoms with van der Waals surface area (Å²) in [6.45, 7) is 34.1. The summed E-state index contributed by atoms with van der Waals surface area (Å²) in [5, 5.41) is 104.